The van der Waals surface area contributed by atoms with Crippen LogP contribution >= 0.6 is 12.2 Å². The number of rotatable bonds is 5. The van der Waals surface area contributed by atoms with Gasteiger partial charge in [0.2, 0.25) is 10.0 Å². The van der Waals surface area contributed by atoms with Crippen LogP contribution in [0.5, 0.6) is 0 Å². The molecule has 31 heavy (non-hydrogen) atoms. The van der Waals surface area contributed by atoms with Gasteiger partial charge >= 0.3 is 0 Å². The number of hydrogen-bond donors (Lipinski definition) is 3. The average Bonchev–Trinajstić information content (AvgIpc) is 2.68. The minimum atomic E-state index is -3.55. The molecule has 6 rings (SSSR count). The van der Waals surface area contributed by atoms with E-state index in [4.69, 9.17) is 12.2 Å². The summed E-state index contributed by atoms with van der Waals surface area (Å²) in [6.07, 6.45) is 6.86. The molecule has 0 heterocycles. The van der Waals surface area contributed by atoms with Crippen LogP contribution in [0.3, 0.4) is 0 Å². The van der Waals surface area contributed by atoms with Crippen molar-refractivity contribution in [3.05, 3.63) is 54.1 Å². The van der Waals surface area contributed by atoms with E-state index in [1.54, 1.807) is 24.3 Å². The summed E-state index contributed by atoms with van der Waals surface area (Å²) in [5, 5.41) is 6.78. The molecule has 3 N–H and O–H groups in total. The second kappa shape index (κ2) is 7.87. The number of benzene rings is 2. The third-order valence-electron chi connectivity index (χ3n) is 7.20. The number of para-hydroxylation sites is 1. The molecule has 164 valence electrons. The second-order valence-electron chi connectivity index (χ2n) is 9.72. The summed E-state index contributed by atoms with van der Waals surface area (Å²) in [4.78, 5) is 0.312. The van der Waals surface area contributed by atoms with Crippen LogP contribution in [-0.4, -0.2) is 19.1 Å². The number of hydrogen-bond acceptors (Lipinski definition) is 3. The molecular weight excluding hydrogens is 426 g/mol. The highest BCUT2D eigenvalue weighted by molar-refractivity contribution is 7.89. The summed E-state index contributed by atoms with van der Waals surface area (Å²) in [5.41, 5.74) is 2.56. The summed E-state index contributed by atoms with van der Waals surface area (Å²) in [5.74, 6) is 2.09. The second-order valence-corrected chi connectivity index (χ2v) is 11.8. The summed E-state index contributed by atoms with van der Waals surface area (Å²) in [7, 11) is -3.55. The van der Waals surface area contributed by atoms with Gasteiger partial charge in [-0.1, -0.05) is 18.2 Å². The lowest BCUT2D eigenvalue weighted by atomic mass is 9.53. The van der Waals surface area contributed by atoms with Gasteiger partial charge in [0.1, 0.15) is 0 Å². The third-order valence-corrected chi connectivity index (χ3v) is 9.00. The van der Waals surface area contributed by atoms with Crippen LogP contribution in [0.2, 0.25) is 0 Å². The Morgan fingerprint density at radius 3 is 2.06 bits per heavy atom. The lowest BCUT2D eigenvalue weighted by Gasteiger charge is -2.56. The van der Waals surface area contributed by atoms with Crippen molar-refractivity contribution in [2.45, 2.75) is 55.9 Å². The molecule has 4 aliphatic rings. The standard InChI is InChI=1S/C24H29N3O2S2/c1-16-4-2-3-5-22(16)26-23(30)25-20-6-8-21(9-7-20)31(28,29)27-24-13-17-10-18(14-24)12-19(11-17)15-24/h2-9,17-19,27H,10-15H2,1H3,(H2,25,26,30). The Labute approximate surface area is 190 Å². The molecule has 0 saturated heterocycles. The fourth-order valence-corrected chi connectivity index (χ4v) is 7.95. The minimum Gasteiger partial charge on any atom is -0.332 e. The van der Waals surface area contributed by atoms with Crippen molar-refractivity contribution < 1.29 is 8.42 Å². The van der Waals surface area contributed by atoms with Gasteiger partial charge in [0.15, 0.2) is 5.11 Å². The van der Waals surface area contributed by atoms with Gasteiger partial charge < -0.3 is 10.6 Å². The Morgan fingerprint density at radius 1 is 0.903 bits per heavy atom. The van der Waals surface area contributed by atoms with E-state index in [1.807, 2.05) is 31.2 Å². The minimum absolute atomic E-state index is 0.233. The third kappa shape index (κ3) is 4.36. The van der Waals surface area contributed by atoms with E-state index in [0.29, 0.717) is 27.8 Å². The molecule has 5 nitrogen and oxygen atoms in total. The molecule has 4 bridgehead atoms. The van der Waals surface area contributed by atoms with E-state index in [0.717, 1.165) is 36.2 Å². The summed E-state index contributed by atoms with van der Waals surface area (Å²) in [6, 6.07) is 14.8. The maximum atomic E-state index is 13.2. The molecule has 0 radical (unpaired) electrons. The molecule has 0 amide bonds. The summed E-state index contributed by atoms with van der Waals surface area (Å²) < 4.78 is 29.4. The zero-order valence-electron chi connectivity index (χ0n) is 17.7. The SMILES string of the molecule is Cc1ccccc1NC(=S)Nc1ccc(S(=O)(=O)NC23CC4CC(CC(C4)C2)C3)cc1. The van der Waals surface area contributed by atoms with Crippen molar-refractivity contribution >= 4 is 38.7 Å². The van der Waals surface area contributed by atoms with Crippen LogP contribution in [0.15, 0.2) is 53.4 Å². The molecule has 0 aliphatic heterocycles. The Hall–Kier alpha value is -1.96. The van der Waals surface area contributed by atoms with Crippen LogP contribution < -0.4 is 15.4 Å². The highest BCUT2D eigenvalue weighted by Crippen LogP contribution is 2.55. The lowest BCUT2D eigenvalue weighted by molar-refractivity contribution is -0.00810. The number of aryl methyl sites for hydroxylation is 1. The maximum Gasteiger partial charge on any atom is 0.241 e. The molecule has 0 spiro atoms. The van der Waals surface area contributed by atoms with E-state index in [-0.39, 0.29) is 5.54 Å². The highest BCUT2D eigenvalue weighted by atomic mass is 32.2. The van der Waals surface area contributed by atoms with Crippen LogP contribution in [0.1, 0.15) is 44.1 Å². The lowest BCUT2D eigenvalue weighted by Crippen LogP contribution is -2.59. The first-order valence-corrected chi connectivity index (χ1v) is 13.0. The van der Waals surface area contributed by atoms with Crippen LogP contribution in [0.4, 0.5) is 11.4 Å². The van der Waals surface area contributed by atoms with E-state index in [2.05, 4.69) is 15.4 Å². The van der Waals surface area contributed by atoms with Crippen molar-refractivity contribution in [3.63, 3.8) is 0 Å². The Bertz CT molecular complexity index is 1060. The average molecular weight is 456 g/mol. The summed E-state index contributed by atoms with van der Waals surface area (Å²) >= 11 is 5.40. The molecule has 4 aliphatic carbocycles. The predicted molar refractivity (Wildman–Crippen MR) is 129 cm³/mol. The molecule has 7 heteroatoms. The van der Waals surface area contributed by atoms with Crippen LogP contribution in [-0.2, 0) is 10.0 Å². The normalized spacial score (nSPS) is 29.0. The van der Waals surface area contributed by atoms with E-state index in [9.17, 15) is 8.42 Å². The van der Waals surface area contributed by atoms with Crippen LogP contribution in [0, 0.1) is 24.7 Å². The van der Waals surface area contributed by atoms with E-state index in [1.165, 1.54) is 19.3 Å². The number of sulfonamides is 1. The number of thiocarbonyl (C=S) groups is 1. The van der Waals surface area contributed by atoms with Gasteiger partial charge in [0.25, 0.3) is 0 Å². The van der Waals surface area contributed by atoms with Gasteiger partial charge in [-0.3, -0.25) is 0 Å². The first-order chi connectivity index (χ1) is 14.8. The van der Waals surface area contributed by atoms with Gasteiger partial charge in [0, 0.05) is 16.9 Å². The molecule has 0 unspecified atom stereocenters. The van der Waals surface area contributed by atoms with Crippen molar-refractivity contribution in [3.8, 4) is 0 Å². The molecule has 4 saturated carbocycles. The quantitative estimate of drug-likeness (QED) is 0.551. The highest BCUT2D eigenvalue weighted by Gasteiger charge is 2.52. The molecule has 0 atom stereocenters. The molecule has 0 aromatic heterocycles. The number of anilines is 2. The van der Waals surface area contributed by atoms with Crippen molar-refractivity contribution in [1.29, 1.82) is 0 Å². The van der Waals surface area contributed by atoms with E-state index < -0.39 is 10.0 Å². The van der Waals surface area contributed by atoms with Gasteiger partial charge in [-0.25, -0.2) is 13.1 Å². The number of nitrogens with one attached hydrogen (secondary N) is 3. The monoisotopic (exact) mass is 455 g/mol. The van der Waals surface area contributed by atoms with Crippen molar-refractivity contribution in [2.24, 2.45) is 17.8 Å². The van der Waals surface area contributed by atoms with E-state index >= 15 is 0 Å². The zero-order chi connectivity index (χ0) is 21.6. The van der Waals surface area contributed by atoms with Crippen LogP contribution in [0.25, 0.3) is 0 Å². The zero-order valence-corrected chi connectivity index (χ0v) is 19.4. The van der Waals surface area contributed by atoms with Crippen molar-refractivity contribution in [2.75, 3.05) is 10.6 Å². The fourth-order valence-electron chi connectivity index (χ4n) is 6.29. The Balaban J connectivity index is 1.25. The van der Waals surface area contributed by atoms with Crippen molar-refractivity contribution in [1.82, 2.24) is 4.72 Å². The Kier molecular flexibility index (Phi) is 5.31. The Morgan fingerprint density at radius 2 is 1.48 bits per heavy atom. The van der Waals surface area contributed by atoms with Gasteiger partial charge in [-0.2, -0.15) is 0 Å². The fraction of sp³-hybridized carbons (Fsp3) is 0.458. The summed E-state index contributed by atoms with van der Waals surface area (Å²) in [6.45, 7) is 2.02. The van der Waals surface area contributed by atoms with Gasteiger partial charge in [-0.05, 0) is 111 Å². The van der Waals surface area contributed by atoms with Gasteiger partial charge in [-0.15, -0.1) is 0 Å². The molecule has 4 fully saturated rings. The molecule has 2 aromatic rings. The molecule has 2 aromatic carbocycles. The first-order valence-electron chi connectivity index (χ1n) is 11.1. The smallest absolute Gasteiger partial charge is 0.241 e. The first kappa shape index (κ1) is 20.9. The predicted octanol–water partition coefficient (Wildman–Crippen LogP) is 5.05. The topological polar surface area (TPSA) is 70.2 Å². The maximum absolute atomic E-state index is 13.2. The largest absolute Gasteiger partial charge is 0.332 e. The molecular formula is C24H29N3O2S2. The van der Waals surface area contributed by atoms with Gasteiger partial charge in [0.05, 0.1) is 4.90 Å².